The van der Waals surface area contributed by atoms with E-state index in [-0.39, 0.29) is 11.5 Å². The molecule has 4 nitrogen and oxygen atoms in total. The second kappa shape index (κ2) is 2.99. The van der Waals surface area contributed by atoms with Crippen molar-refractivity contribution in [2.75, 3.05) is 17.8 Å². The average Bonchev–Trinajstić information content (AvgIpc) is 2.07. The van der Waals surface area contributed by atoms with E-state index in [2.05, 4.69) is 0 Å². The monoisotopic (exact) mass is 212 g/mol. The quantitative estimate of drug-likeness (QED) is 0.625. The van der Waals surface area contributed by atoms with Gasteiger partial charge in [0.2, 0.25) is 0 Å². The number of rotatable bonds is 2. The Hall–Kier alpha value is -0.100. The van der Waals surface area contributed by atoms with Crippen molar-refractivity contribution >= 4 is 19.7 Å². The second-order valence-electron chi connectivity index (χ2n) is 3.22. The molecule has 1 unspecified atom stereocenters. The largest absolute Gasteiger partial charge is 0.229 e. The van der Waals surface area contributed by atoms with Crippen LogP contribution in [0.5, 0.6) is 0 Å². The molecule has 0 bridgehead atoms. The number of sulfone groups is 2. The molecule has 1 fully saturated rings. The maximum absolute atomic E-state index is 11.2. The lowest BCUT2D eigenvalue weighted by atomic mass is 10.3. The Morgan fingerprint density at radius 2 is 2.00 bits per heavy atom. The predicted octanol–water partition coefficient (Wildman–Crippen LogP) is -0.392. The lowest BCUT2D eigenvalue weighted by Gasteiger charge is -2.05. The summed E-state index contributed by atoms with van der Waals surface area (Å²) < 4.78 is 44.0. The van der Waals surface area contributed by atoms with E-state index in [1.54, 1.807) is 0 Å². The second-order valence-corrected chi connectivity index (χ2v) is 7.81. The summed E-state index contributed by atoms with van der Waals surface area (Å²) in [5.74, 6) is -0.0669. The van der Waals surface area contributed by atoms with Crippen LogP contribution in [0.25, 0.3) is 0 Å². The molecule has 1 aliphatic heterocycles. The number of hydrogen-bond acceptors (Lipinski definition) is 4. The SMILES string of the molecule is CS(=O)(=O)CC1CCCS1(=O)=O. The van der Waals surface area contributed by atoms with Crippen LogP contribution in [0.2, 0.25) is 0 Å². The maximum atomic E-state index is 11.2. The van der Waals surface area contributed by atoms with Gasteiger partial charge in [-0.1, -0.05) is 0 Å². The first kappa shape index (κ1) is 9.98. The highest BCUT2D eigenvalue weighted by Crippen LogP contribution is 2.20. The van der Waals surface area contributed by atoms with Crippen molar-refractivity contribution in [1.29, 1.82) is 0 Å². The fourth-order valence-electron chi connectivity index (χ4n) is 1.38. The highest BCUT2D eigenvalue weighted by molar-refractivity contribution is 7.95. The molecule has 0 radical (unpaired) electrons. The Morgan fingerprint density at radius 1 is 1.42 bits per heavy atom. The van der Waals surface area contributed by atoms with Crippen LogP contribution in [0.1, 0.15) is 12.8 Å². The Morgan fingerprint density at radius 3 is 2.33 bits per heavy atom. The smallest absolute Gasteiger partial charge is 0.154 e. The summed E-state index contributed by atoms with van der Waals surface area (Å²) >= 11 is 0. The lowest BCUT2D eigenvalue weighted by Crippen LogP contribution is -2.25. The van der Waals surface area contributed by atoms with Crippen molar-refractivity contribution in [3.05, 3.63) is 0 Å². The van der Waals surface area contributed by atoms with Gasteiger partial charge in [-0.25, -0.2) is 16.8 Å². The molecule has 0 saturated carbocycles. The first-order valence-electron chi connectivity index (χ1n) is 3.70. The first-order valence-corrected chi connectivity index (χ1v) is 7.48. The molecule has 1 heterocycles. The molecule has 1 rings (SSSR count). The molecule has 1 atom stereocenters. The van der Waals surface area contributed by atoms with Crippen LogP contribution in [-0.4, -0.2) is 39.8 Å². The standard InChI is InChI=1S/C6H12O4S2/c1-11(7,8)5-6-3-2-4-12(6,9)10/h6H,2-5H2,1H3. The zero-order valence-electron chi connectivity index (χ0n) is 6.86. The van der Waals surface area contributed by atoms with E-state index in [4.69, 9.17) is 0 Å². The van der Waals surface area contributed by atoms with Crippen molar-refractivity contribution in [2.45, 2.75) is 18.1 Å². The molecular weight excluding hydrogens is 200 g/mol. The van der Waals surface area contributed by atoms with Gasteiger partial charge in [-0.15, -0.1) is 0 Å². The van der Waals surface area contributed by atoms with Gasteiger partial charge < -0.3 is 0 Å². The molecule has 6 heteroatoms. The van der Waals surface area contributed by atoms with Gasteiger partial charge in [-0.05, 0) is 12.8 Å². The topological polar surface area (TPSA) is 68.3 Å². The Balaban J connectivity index is 2.79. The fourth-order valence-corrected chi connectivity index (χ4v) is 5.22. The third-order valence-corrected chi connectivity index (χ3v) is 5.45. The molecule has 0 aromatic rings. The highest BCUT2D eigenvalue weighted by Gasteiger charge is 2.33. The first-order chi connectivity index (χ1) is 5.31. The van der Waals surface area contributed by atoms with Gasteiger partial charge in [-0.3, -0.25) is 0 Å². The molecule has 12 heavy (non-hydrogen) atoms. The van der Waals surface area contributed by atoms with Crippen LogP contribution < -0.4 is 0 Å². The third-order valence-electron chi connectivity index (χ3n) is 1.95. The molecule has 0 aliphatic carbocycles. The molecule has 0 spiro atoms. The Bertz CT molecular complexity index is 351. The normalized spacial score (nSPS) is 28.9. The highest BCUT2D eigenvalue weighted by atomic mass is 32.2. The van der Waals surface area contributed by atoms with Gasteiger partial charge in [0.25, 0.3) is 0 Å². The van der Waals surface area contributed by atoms with E-state index in [0.717, 1.165) is 6.26 Å². The van der Waals surface area contributed by atoms with Crippen LogP contribution >= 0.6 is 0 Å². The molecule has 0 aromatic carbocycles. The van der Waals surface area contributed by atoms with E-state index < -0.39 is 24.9 Å². The lowest BCUT2D eigenvalue weighted by molar-refractivity contribution is 0.583. The van der Waals surface area contributed by atoms with Gasteiger partial charge >= 0.3 is 0 Å². The van der Waals surface area contributed by atoms with Gasteiger partial charge in [0.1, 0.15) is 9.84 Å². The summed E-state index contributed by atoms with van der Waals surface area (Å²) in [6, 6.07) is 0. The van der Waals surface area contributed by atoms with Crippen LogP contribution in [-0.2, 0) is 19.7 Å². The zero-order chi connectivity index (χ0) is 9.41. The van der Waals surface area contributed by atoms with E-state index in [1.165, 1.54) is 0 Å². The zero-order valence-corrected chi connectivity index (χ0v) is 8.49. The molecule has 0 amide bonds. The summed E-state index contributed by atoms with van der Waals surface area (Å²) in [6.45, 7) is 0. The summed E-state index contributed by atoms with van der Waals surface area (Å²) in [6.07, 6.45) is 2.17. The Labute approximate surface area is 72.8 Å². The minimum Gasteiger partial charge on any atom is -0.229 e. The third kappa shape index (κ3) is 2.45. The van der Waals surface area contributed by atoms with Gasteiger partial charge in [0, 0.05) is 6.26 Å². The molecule has 1 saturated heterocycles. The van der Waals surface area contributed by atoms with E-state index >= 15 is 0 Å². The van der Waals surface area contributed by atoms with Gasteiger partial charge in [0.05, 0.1) is 16.8 Å². The van der Waals surface area contributed by atoms with E-state index in [9.17, 15) is 16.8 Å². The molecule has 0 aromatic heterocycles. The van der Waals surface area contributed by atoms with E-state index in [0.29, 0.717) is 12.8 Å². The minimum atomic E-state index is -3.16. The van der Waals surface area contributed by atoms with Crippen molar-refractivity contribution in [3.8, 4) is 0 Å². The molecule has 0 N–H and O–H groups in total. The van der Waals surface area contributed by atoms with Crippen molar-refractivity contribution in [2.24, 2.45) is 0 Å². The molecule has 72 valence electrons. The molecule has 1 aliphatic rings. The van der Waals surface area contributed by atoms with Crippen molar-refractivity contribution in [1.82, 2.24) is 0 Å². The van der Waals surface area contributed by atoms with Crippen molar-refractivity contribution in [3.63, 3.8) is 0 Å². The van der Waals surface area contributed by atoms with Crippen LogP contribution in [0.3, 0.4) is 0 Å². The summed E-state index contributed by atoms with van der Waals surface area (Å²) in [4.78, 5) is 0. The summed E-state index contributed by atoms with van der Waals surface area (Å²) in [5, 5.41) is -0.646. The van der Waals surface area contributed by atoms with Crippen LogP contribution in [0, 0.1) is 0 Å². The minimum absolute atomic E-state index is 0.146. The van der Waals surface area contributed by atoms with Crippen LogP contribution in [0.15, 0.2) is 0 Å². The van der Waals surface area contributed by atoms with Gasteiger partial charge in [0.15, 0.2) is 9.84 Å². The predicted molar refractivity (Wildman–Crippen MR) is 46.5 cm³/mol. The van der Waals surface area contributed by atoms with Gasteiger partial charge in [-0.2, -0.15) is 0 Å². The fraction of sp³-hybridized carbons (Fsp3) is 1.00. The number of hydrogen-bond donors (Lipinski definition) is 0. The van der Waals surface area contributed by atoms with Crippen LogP contribution in [0.4, 0.5) is 0 Å². The summed E-state index contributed by atoms with van der Waals surface area (Å²) in [7, 11) is -6.26. The summed E-state index contributed by atoms with van der Waals surface area (Å²) in [5.41, 5.74) is 0. The van der Waals surface area contributed by atoms with E-state index in [1.807, 2.05) is 0 Å². The maximum Gasteiger partial charge on any atom is 0.154 e. The Kier molecular flexibility index (Phi) is 2.49. The van der Waals surface area contributed by atoms with Crippen molar-refractivity contribution < 1.29 is 16.8 Å². The average molecular weight is 212 g/mol. The molecular formula is C6H12O4S2.